The Balaban J connectivity index is 1.93. The Hall–Kier alpha value is -1.59. The summed E-state index contributed by atoms with van der Waals surface area (Å²) in [5, 5.41) is 7.06. The Morgan fingerprint density at radius 3 is 2.38 bits per heavy atom. The van der Waals surface area contributed by atoms with Crippen molar-refractivity contribution in [3.05, 3.63) is 35.9 Å². The van der Waals surface area contributed by atoms with Gasteiger partial charge in [-0.25, -0.2) is 0 Å². The Morgan fingerprint density at radius 2 is 1.81 bits per heavy atom. The first-order valence-corrected chi connectivity index (χ1v) is 9.79. The van der Waals surface area contributed by atoms with Crippen LogP contribution in [0.3, 0.4) is 0 Å². The molecule has 1 aliphatic heterocycles. The minimum atomic E-state index is 0.189. The van der Waals surface area contributed by atoms with Gasteiger partial charge in [0.05, 0.1) is 6.04 Å². The first kappa shape index (κ1) is 20.7. The zero-order chi connectivity index (χ0) is 19.0. The third-order valence-corrected chi connectivity index (χ3v) is 4.93. The molecule has 1 saturated heterocycles. The zero-order valence-corrected chi connectivity index (χ0v) is 17.3. The molecule has 0 aliphatic carbocycles. The highest BCUT2D eigenvalue weighted by molar-refractivity contribution is 5.79. The largest absolute Gasteiger partial charge is 0.356 e. The molecule has 2 rings (SSSR count). The fourth-order valence-corrected chi connectivity index (χ4v) is 3.84. The summed E-state index contributed by atoms with van der Waals surface area (Å²) in [6.45, 7) is 9.74. The van der Waals surface area contributed by atoms with Crippen LogP contribution in [0.4, 0.5) is 0 Å². The second-order valence-corrected chi connectivity index (χ2v) is 8.38. The van der Waals surface area contributed by atoms with E-state index in [0.29, 0.717) is 6.04 Å². The zero-order valence-electron chi connectivity index (χ0n) is 17.3. The molecule has 0 amide bonds. The van der Waals surface area contributed by atoms with Gasteiger partial charge in [-0.15, -0.1) is 0 Å². The molecule has 5 nitrogen and oxygen atoms in total. The van der Waals surface area contributed by atoms with Crippen LogP contribution < -0.4 is 10.6 Å². The van der Waals surface area contributed by atoms with Gasteiger partial charge < -0.3 is 15.5 Å². The van der Waals surface area contributed by atoms with Crippen molar-refractivity contribution in [1.82, 2.24) is 20.4 Å². The molecule has 0 bridgehead atoms. The summed E-state index contributed by atoms with van der Waals surface area (Å²) >= 11 is 0. The van der Waals surface area contributed by atoms with Crippen molar-refractivity contribution in [2.45, 2.75) is 32.7 Å². The van der Waals surface area contributed by atoms with Crippen molar-refractivity contribution < 1.29 is 0 Å². The van der Waals surface area contributed by atoms with Gasteiger partial charge in [0.15, 0.2) is 5.96 Å². The molecule has 0 saturated carbocycles. The number of likely N-dealkylation sites (tertiary alicyclic amines) is 1. The van der Waals surface area contributed by atoms with Crippen LogP contribution in [0.2, 0.25) is 0 Å². The van der Waals surface area contributed by atoms with Crippen molar-refractivity contribution in [2.24, 2.45) is 10.4 Å². The molecule has 0 aromatic heterocycles. The summed E-state index contributed by atoms with van der Waals surface area (Å²) in [7, 11) is 6.09. The monoisotopic (exact) mass is 359 g/mol. The number of rotatable bonds is 8. The van der Waals surface area contributed by atoms with Crippen LogP contribution in [-0.4, -0.2) is 69.6 Å². The Labute approximate surface area is 159 Å². The quantitative estimate of drug-likeness (QED) is 0.553. The maximum absolute atomic E-state index is 4.42. The van der Waals surface area contributed by atoms with Crippen molar-refractivity contribution in [2.75, 3.05) is 53.9 Å². The third-order valence-electron chi connectivity index (χ3n) is 4.93. The SMILES string of the molecule is CN=C(NCC(c1ccccc1)N1CCCC1)NCC(C)(C)CN(C)C. The van der Waals surface area contributed by atoms with E-state index in [1.54, 1.807) is 0 Å². The van der Waals surface area contributed by atoms with E-state index in [4.69, 9.17) is 0 Å². The summed E-state index contributed by atoms with van der Waals surface area (Å²) in [6, 6.07) is 11.2. The molecule has 1 fully saturated rings. The third kappa shape index (κ3) is 6.61. The van der Waals surface area contributed by atoms with Gasteiger partial charge in [0.2, 0.25) is 0 Å². The van der Waals surface area contributed by atoms with Gasteiger partial charge in [-0.3, -0.25) is 9.89 Å². The molecular weight excluding hydrogens is 322 g/mol. The van der Waals surface area contributed by atoms with Crippen LogP contribution in [0.15, 0.2) is 35.3 Å². The highest BCUT2D eigenvalue weighted by Gasteiger charge is 2.24. The fourth-order valence-electron chi connectivity index (χ4n) is 3.84. The molecule has 1 heterocycles. The van der Waals surface area contributed by atoms with Gasteiger partial charge in [-0.1, -0.05) is 44.2 Å². The Morgan fingerprint density at radius 1 is 1.15 bits per heavy atom. The number of aliphatic imine (C=N–C) groups is 1. The molecule has 1 atom stereocenters. The molecule has 1 aromatic carbocycles. The van der Waals surface area contributed by atoms with E-state index >= 15 is 0 Å². The van der Waals surface area contributed by atoms with Crippen molar-refractivity contribution in [1.29, 1.82) is 0 Å². The number of nitrogens with zero attached hydrogens (tertiary/aromatic N) is 3. The van der Waals surface area contributed by atoms with Crippen LogP contribution in [0.25, 0.3) is 0 Å². The number of hydrogen-bond donors (Lipinski definition) is 2. The fraction of sp³-hybridized carbons (Fsp3) is 0.667. The maximum Gasteiger partial charge on any atom is 0.191 e. The van der Waals surface area contributed by atoms with E-state index in [-0.39, 0.29) is 5.41 Å². The molecule has 1 aromatic rings. The van der Waals surface area contributed by atoms with Crippen LogP contribution in [0, 0.1) is 5.41 Å². The van der Waals surface area contributed by atoms with Gasteiger partial charge in [0.1, 0.15) is 0 Å². The number of guanidine groups is 1. The summed E-state index contributed by atoms with van der Waals surface area (Å²) < 4.78 is 0. The molecule has 5 heteroatoms. The minimum absolute atomic E-state index is 0.189. The van der Waals surface area contributed by atoms with Gasteiger partial charge >= 0.3 is 0 Å². The van der Waals surface area contributed by atoms with E-state index in [9.17, 15) is 0 Å². The highest BCUT2D eigenvalue weighted by Crippen LogP contribution is 2.24. The number of hydrogen-bond acceptors (Lipinski definition) is 3. The van der Waals surface area contributed by atoms with Gasteiger partial charge in [-0.05, 0) is 51.0 Å². The number of benzene rings is 1. The van der Waals surface area contributed by atoms with Gasteiger partial charge in [0, 0.05) is 26.7 Å². The lowest BCUT2D eigenvalue weighted by Gasteiger charge is -2.31. The molecule has 1 aliphatic rings. The average Bonchev–Trinajstić information content (AvgIpc) is 3.12. The summed E-state index contributed by atoms with van der Waals surface area (Å²) in [6.07, 6.45) is 2.60. The maximum atomic E-state index is 4.42. The molecule has 0 radical (unpaired) electrons. The van der Waals surface area contributed by atoms with E-state index in [0.717, 1.165) is 25.6 Å². The molecule has 2 N–H and O–H groups in total. The second-order valence-electron chi connectivity index (χ2n) is 8.38. The Bertz CT molecular complexity index is 547. The van der Waals surface area contributed by atoms with Crippen LogP contribution in [0.5, 0.6) is 0 Å². The number of nitrogens with one attached hydrogen (secondary N) is 2. The predicted molar refractivity (Wildman–Crippen MR) is 112 cm³/mol. The molecular formula is C21H37N5. The lowest BCUT2D eigenvalue weighted by molar-refractivity contribution is 0.237. The topological polar surface area (TPSA) is 42.9 Å². The average molecular weight is 360 g/mol. The first-order chi connectivity index (χ1) is 12.4. The van der Waals surface area contributed by atoms with E-state index < -0.39 is 0 Å². The van der Waals surface area contributed by atoms with E-state index in [1.807, 2.05) is 7.05 Å². The molecule has 26 heavy (non-hydrogen) atoms. The predicted octanol–water partition coefficient (Wildman–Crippen LogP) is 2.58. The van der Waals surface area contributed by atoms with Crippen molar-refractivity contribution >= 4 is 5.96 Å². The molecule has 1 unspecified atom stereocenters. The standard InChI is InChI=1S/C21H37N5/c1-21(2,17-25(4)5)16-24-20(22-3)23-15-19(26-13-9-10-14-26)18-11-7-6-8-12-18/h6-8,11-12,19H,9-10,13-17H2,1-5H3,(H2,22,23,24). The van der Waals surface area contributed by atoms with Crippen LogP contribution in [-0.2, 0) is 0 Å². The summed E-state index contributed by atoms with van der Waals surface area (Å²) in [4.78, 5) is 9.25. The van der Waals surface area contributed by atoms with Crippen LogP contribution in [0.1, 0.15) is 38.3 Å². The van der Waals surface area contributed by atoms with Crippen molar-refractivity contribution in [3.8, 4) is 0 Å². The minimum Gasteiger partial charge on any atom is -0.356 e. The normalized spacial score (nSPS) is 17.5. The first-order valence-electron chi connectivity index (χ1n) is 9.79. The second kappa shape index (κ2) is 9.93. The molecule has 0 spiro atoms. The van der Waals surface area contributed by atoms with E-state index in [2.05, 4.69) is 83.7 Å². The summed E-state index contributed by atoms with van der Waals surface area (Å²) in [5.41, 5.74) is 1.57. The lowest BCUT2D eigenvalue weighted by Crippen LogP contribution is -2.47. The lowest BCUT2D eigenvalue weighted by atomic mass is 9.93. The highest BCUT2D eigenvalue weighted by atomic mass is 15.2. The molecule has 146 valence electrons. The Kier molecular flexibility index (Phi) is 7.91. The van der Waals surface area contributed by atoms with Gasteiger partial charge in [-0.2, -0.15) is 0 Å². The van der Waals surface area contributed by atoms with E-state index in [1.165, 1.54) is 31.5 Å². The van der Waals surface area contributed by atoms with Gasteiger partial charge in [0.25, 0.3) is 0 Å². The van der Waals surface area contributed by atoms with Crippen molar-refractivity contribution in [3.63, 3.8) is 0 Å². The van der Waals surface area contributed by atoms with Crippen LogP contribution >= 0.6 is 0 Å². The summed E-state index contributed by atoms with van der Waals surface area (Å²) in [5.74, 6) is 0.886. The smallest absolute Gasteiger partial charge is 0.191 e.